The number of benzene rings is 12. The molecule has 1 spiro atoms. The quantitative estimate of drug-likeness (QED) is 0.147. The molecule has 0 aliphatic heterocycles. The average molecular weight is 953 g/mol. The van der Waals surface area contributed by atoms with E-state index in [1.54, 1.807) is 0 Å². The number of anilines is 3. The Morgan fingerprint density at radius 1 is 0.267 bits per heavy atom. The summed E-state index contributed by atoms with van der Waals surface area (Å²) < 4.78 is 2.43. The zero-order valence-corrected chi connectivity index (χ0v) is 41.1. The zero-order valence-electron chi connectivity index (χ0n) is 41.1. The number of hydrogen-bond donors (Lipinski definition) is 0. The van der Waals surface area contributed by atoms with Crippen LogP contribution in [0.1, 0.15) is 22.3 Å². The van der Waals surface area contributed by atoms with Crippen molar-refractivity contribution in [1.29, 1.82) is 0 Å². The topological polar surface area (TPSA) is 8.17 Å². The van der Waals surface area contributed by atoms with E-state index >= 15 is 0 Å². The lowest BCUT2D eigenvalue weighted by molar-refractivity contribution is 0.794. The van der Waals surface area contributed by atoms with Gasteiger partial charge in [-0.05, 0) is 138 Å². The summed E-state index contributed by atoms with van der Waals surface area (Å²) in [7, 11) is 0. The van der Waals surface area contributed by atoms with E-state index in [0.29, 0.717) is 0 Å². The molecule has 1 aromatic heterocycles. The van der Waals surface area contributed by atoms with Crippen molar-refractivity contribution in [2.75, 3.05) is 4.90 Å². The van der Waals surface area contributed by atoms with Gasteiger partial charge < -0.3 is 9.47 Å². The van der Waals surface area contributed by atoms with E-state index in [0.717, 1.165) is 22.7 Å². The third-order valence-electron chi connectivity index (χ3n) is 16.0. The number of aromatic nitrogens is 1. The molecule has 0 fully saturated rings. The molecule has 1 heterocycles. The van der Waals surface area contributed by atoms with Crippen LogP contribution in [-0.4, -0.2) is 4.57 Å². The van der Waals surface area contributed by atoms with E-state index in [1.807, 2.05) is 0 Å². The van der Waals surface area contributed by atoms with E-state index in [-0.39, 0.29) is 0 Å². The summed E-state index contributed by atoms with van der Waals surface area (Å²) in [6.07, 6.45) is 0. The standard InChI is InChI=1S/C73H48N2/c1-4-18-49(19-5-1)51-38-42-56(43-39-51)74(57-44-40-52(41-45-57)50-20-6-2-7-21-50)58-46-47-65-69(48-58)73(66-30-13-10-24-61(66)62-25-11-14-31-67(62)73)68-32-17-27-59(71(65)68)53-34-36-54(37-35-53)60-28-16-29-64-63-26-12-15-33-70(63)75(72(60)64)55-22-8-3-9-23-55/h1-48H. The van der Waals surface area contributed by atoms with E-state index in [1.165, 1.54) is 111 Å². The van der Waals surface area contributed by atoms with Gasteiger partial charge >= 0.3 is 0 Å². The number of hydrogen-bond acceptors (Lipinski definition) is 1. The van der Waals surface area contributed by atoms with Crippen molar-refractivity contribution in [3.8, 4) is 72.4 Å². The molecule has 0 unspecified atom stereocenters. The Labute approximate surface area is 437 Å². The Morgan fingerprint density at radius 2 is 0.707 bits per heavy atom. The number of nitrogens with zero attached hydrogens (tertiary/aromatic N) is 2. The van der Waals surface area contributed by atoms with Gasteiger partial charge in [-0.15, -0.1) is 0 Å². The van der Waals surface area contributed by atoms with Crippen LogP contribution in [0.25, 0.3) is 94.3 Å². The van der Waals surface area contributed by atoms with Crippen LogP contribution in [0, 0.1) is 0 Å². The molecule has 15 rings (SSSR count). The van der Waals surface area contributed by atoms with Crippen LogP contribution in [-0.2, 0) is 5.41 Å². The maximum Gasteiger partial charge on any atom is 0.0726 e. The fourth-order valence-corrected chi connectivity index (χ4v) is 12.8. The predicted octanol–water partition coefficient (Wildman–Crippen LogP) is 19.3. The Hall–Kier alpha value is -9.76. The predicted molar refractivity (Wildman–Crippen MR) is 314 cm³/mol. The molecule has 0 atom stereocenters. The summed E-state index contributed by atoms with van der Waals surface area (Å²) >= 11 is 0. The van der Waals surface area contributed by atoms with Gasteiger partial charge in [-0.25, -0.2) is 0 Å². The molecule has 12 aromatic carbocycles. The van der Waals surface area contributed by atoms with Crippen molar-refractivity contribution in [2.45, 2.75) is 5.41 Å². The molecule has 0 N–H and O–H groups in total. The fraction of sp³-hybridized carbons (Fsp3) is 0.0137. The highest BCUT2D eigenvalue weighted by atomic mass is 15.1. The molecule has 350 valence electrons. The molecule has 2 aliphatic rings. The van der Waals surface area contributed by atoms with Crippen molar-refractivity contribution < 1.29 is 0 Å². The fourth-order valence-electron chi connectivity index (χ4n) is 12.8. The van der Waals surface area contributed by atoms with E-state index in [9.17, 15) is 0 Å². The van der Waals surface area contributed by atoms with Crippen LogP contribution in [0.4, 0.5) is 17.1 Å². The second-order valence-electron chi connectivity index (χ2n) is 19.9. The summed E-state index contributed by atoms with van der Waals surface area (Å²) in [5.74, 6) is 0. The molecular formula is C73H48N2. The summed E-state index contributed by atoms with van der Waals surface area (Å²) in [5.41, 5.74) is 26.3. The highest BCUT2D eigenvalue weighted by Crippen LogP contribution is 2.64. The molecule has 75 heavy (non-hydrogen) atoms. The average Bonchev–Trinajstić information content (AvgIpc) is 4.11. The highest BCUT2D eigenvalue weighted by Gasteiger charge is 2.52. The normalized spacial score (nSPS) is 12.6. The Morgan fingerprint density at radius 3 is 1.33 bits per heavy atom. The van der Waals surface area contributed by atoms with Gasteiger partial charge in [0.25, 0.3) is 0 Å². The minimum Gasteiger partial charge on any atom is -0.310 e. The summed E-state index contributed by atoms with van der Waals surface area (Å²) in [6.45, 7) is 0. The van der Waals surface area contributed by atoms with Gasteiger partial charge in [0.05, 0.1) is 16.4 Å². The lowest BCUT2D eigenvalue weighted by Gasteiger charge is -2.32. The van der Waals surface area contributed by atoms with Crippen molar-refractivity contribution in [1.82, 2.24) is 4.57 Å². The Kier molecular flexibility index (Phi) is 9.83. The minimum atomic E-state index is -0.551. The van der Waals surface area contributed by atoms with Gasteiger partial charge in [-0.2, -0.15) is 0 Å². The lowest BCUT2D eigenvalue weighted by Crippen LogP contribution is -2.26. The molecule has 0 saturated carbocycles. The third-order valence-corrected chi connectivity index (χ3v) is 16.0. The molecule has 0 amide bonds. The van der Waals surface area contributed by atoms with E-state index in [2.05, 4.69) is 301 Å². The molecule has 0 radical (unpaired) electrons. The first-order valence-electron chi connectivity index (χ1n) is 26.0. The molecule has 2 nitrogen and oxygen atoms in total. The summed E-state index contributed by atoms with van der Waals surface area (Å²) in [4.78, 5) is 2.44. The van der Waals surface area contributed by atoms with Crippen molar-refractivity contribution >= 4 is 38.9 Å². The van der Waals surface area contributed by atoms with Crippen molar-refractivity contribution in [3.63, 3.8) is 0 Å². The second kappa shape index (κ2) is 17.2. The van der Waals surface area contributed by atoms with Gasteiger partial charge in [0, 0.05) is 39.1 Å². The molecule has 0 bridgehead atoms. The number of para-hydroxylation sites is 3. The number of rotatable bonds is 8. The van der Waals surface area contributed by atoms with Crippen LogP contribution in [0.2, 0.25) is 0 Å². The number of fused-ring (bicyclic) bond motifs is 13. The zero-order chi connectivity index (χ0) is 49.5. The maximum atomic E-state index is 2.50. The van der Waals surface area contributed by atoms with Gasteiger partial charge in [0.1, 0.15) is 0 Å². The molecule has 2 heteroatoms. The van der Waals surface area contributed by atoms with Gasteiger partial charge in [0.15, 0.2) is 0 Å². The summed E-state index contributed by atoms with van der Waals surface area (Å²) in [5, 5.41) is 2.51. The van der Waals surface area contributed by atoms with Crippen LogP contribution >= 0.6 is 0 Å². The smallest absolute Gasteiger partial charge is 0.0726 e. The minimum absolute atomic E-state index is 0.551. The Balaban J connectivity index is 0.916. The van der Waals surface area contributed by atoms with Gasteiger partial charge in [-0.3, -0.25) is 0 Å². The summed E-state index contributed by atoms with van der Waals surface area (Å²) in [6, 6.07) is 108. The van der Waals surface area contributed by atoms with Crippen LogP contribution in [0.15, 0.2) is 291 Å². The SMILES string of the molecule is c1ccc(-c2ccc(N(c3ccc(-c4ccccc4)cc3)c3ccc4c(c3)C3(c5ccccc5-c5ccccc53)c3cccc(-c5ccc(-c6cccc7c8ccccc8n(-c8ccccc8)c67)cc5)c3-4)cc2)cc1. The van der Waals surface area contributed by atoms with E-state index < -0.39 is 5.41 Å². The highest BCUT2D eigenvalue weighted by molar-refractivity contribution is 6.14. The lowest BCUT2D eigenvalue weighted by atomic mass is 9.70. The first-order valence-corrected chi connectivity index (χ1v) is 26.0. The molecule has 0 saturated heterocycles. The maximum absolute atomic E-state index is 2.50. The van der Waals surface area contributed by atoms with Crippen molar-refractivity contribution in [2.24, 2.45) is 0 Å². The molecule has 2 aliphatic carbocycles. The van der Waals surface area contributed by atoms with Crippen molar-refractivity contribution in [3.05, 3.63) is 313 Å². The van der Waals surface area contributed by atoms with Gasteiger partial charge in [0.2, 0.25) is 0 Å². The van der Waals surface area contributed by atoms with Crippen LogP contribution < -0.4 is 4.90 Å². The van der Waals surface area contributed by atoms with E-state index in [4.69, 9.17) is 0 Å². The molecule has 13 aromatic rings. The third kappa shape index (κ3) is 6.60. The van der Waals surface area contributed by atoms with Crippen LogP contribution in [0.3, 0.4) is 0 Å². The van der Waals surface area contributed by atoms with Crippen LogP contribution in [0.5, 0.6) is 0 Å². The largest absolute Gasteiger partial charge is 0.310 e. The Bertz CT molecular complexity index is 4180. The first kappa shape index (κ1) is 42.9. The monoisotopic (exact) mass is 952 g/mol. The first-order chi connectivity index (χ1) is 37.2. The second-order valence-corrected chi connectivity index (χ2v) is 19.9. The van der Waals surface area contributed by atoms with Gasteiger partial charge in [-0.1, -0.05) is 237 Å². The molecular weight excluding hydrogens is 905 g/mol.